The Morgan fingerprint density at radius 3 is 2.53 bits per heavy atom. The maximum atomic E-state index is 14.0. The van der Waals surface area contributed by atoms with Gasteiger partial charge in [-0.05, 0) is 86.5 Å². The summed E-state index contributed by atoms with van der Waals surface area (Å²) in [5.41, 5.74) is 4.95. The smallest absolute Gasteiger partial charge is 0.416 e. The van der Waals surface area contributed by atoms with Crippen LogP contribution >= 0.6 is 0 Å². The van der Waals surface area contributed by atoms with Crippen molar-refractivity contribution in [2.75, 3.05) is 18.0 Å². The van der Waals surface area contributed by atoms with Gasteiger partial charge in [0.05, 0.1) is 30.8 Å². The number of nitrogens with zero attached hydrogens (tertiary/aromatic N) is 4. The molecule has 1 fully saturated rings. The Hall–Kier alpha value is -5.76. The number of oxazole rings is 1. The summed E-state index contributed by atoms with van der Waals surface area (Å²) in [6, 6.07) is 20.2. The SMILES string of the molecule is CC(C)Oc1ccc(F)cc1-c1ccc(N2CC(CNC(=O)c3ccc(-c4nc5cc(C#N)cc(C(C)C)c5o4)cc3)OC2=O)nc1. The largest absolute Gasteiger partial charge is 0.490 e. The Kier molecular flexibility index (Phi) is 8.59. The maximum Gasteiger partial charge on any atom is 0.416 e. The molecule has 1 unspecified atom stereocenters. The number of anilines is 1. The van der Waals surface area contributed by atoms with Crippen LogP contribution in [0.1, 0.15) is 55.1 Å². The van der Waals surface area contributed by atoms with Crippen molar-refractivity contribution in [1.82, 2.24) is 15.3 Å². The summed E-state index contributed by atoms with van der Waals surface area (Å²) in [5, 5.41) is 12.2. The van der Waals surface area contributed by atoms with Crippen LogP contribution in [0.4, 0.5) is 15.0 Å². The first-order valence-electron chi connectivity index (χ1n) is 15.2. The molecular weight excluding hydrogens is 601 g/mol. The Balaban J connectivity index is 1.08. The molecule has 1 aliphatic rings. The molecule has 2 aromatic heterocycles. The van der Waals surface area contributed by atoms with Crippen molar-refractivity contribution in [2.24, 2.45) is 0 Å². The fourth-order valence-corrected chi connectivity index (χ4v) is 5.35. The second kappa shape index (κ2) is 12.9. The third-order valence-electron chi connectivity index (χ3n) is 7.67. The van der Waals surface area contributed by atoms with Gasteiger partial charge in [0.2, 0.25) is 5.89 Å². The first-order chi connectivity index (χ1) is 22.6. The standard InChI is InChI=1S/C36H32FN5O5/c1-20(2)28-13-22(16-38)14-30-33(28)47-35(41-30)24-7-5-23(6-8-24)34(43)40-18-27-19-42(36(44)46-27)32-12-9-25(17-39-32)29-15-26(37)10-11-31(29)45-21(3)4/h5-15,17,20-21,27H,18-19H2,1-4H3,(H,40,43). The highest BCUT2D eigenvalue weighted by molar-refractivity contribution is 5.95. The second-order valence-electron chi connectivity index (χ2n) is 11.8. The fourth-order valence-electron chi connectivity index (χ4n) is 5.35. The molecule has 0 bridgehead atoms. The number of nitriles is 1. The number of carbonyl (C=O) groups is 2. The van der Waals surface area contributed by atoms with E-state index in [1.807, 2.05) is 33.8 Å². The molecule has 1 saturated heterocycles. The fraction of sp³-hybridized carbons (Fsp3) is 0.250. The number of aromatic nitrogens is 2. The monoisotopic (exact) mass is 633 g/mol. The summed E-state index contributed by atoms with van der Waals surface area (Å²) in [7, 11) is 0. The maximum absolute atomic E-state index is 14.0. The molecule has 3 heterocycles. The van der Waals surface area contributed by atoms with E-state index >= 15 is 0 Å². The van der Waals surface area contributed by atoms with E-state index in [2.05, 4.69) is 21.4 Å². The Morgan fingerprint density at radius 2 is 1.85 bits per heavy atom. The number of rotatable bonds is 9. The molecule has 1 atom stereocenters. The molecule has 2 amide bonds. The number of nitrogens with one attached hydrogen (secondary N) is 1. The highest BCUT2D eigenvalue weighted by Gasteiger charge is 2.33. The number of ether oxygens (including phenoxy) is 2. The topological polar surface area (TPSA) is 131 Å². The van der Waals surface area contributed by atoms with Crippen LogP contribution in [0.2, 0.25) is 0 Å². The van der Waals surface area contributed by atoms with Crippen LogP contribution < -0.4 is 15.0 Å². The van der Waals surface area contributed by atoms with Crippen molar-refractivity contribution in [1.29, 1.82) is 5.26 Å². The number of hydrogen-bond acceptors (Lipinski definition) is 8. The first-order valence-corrected chi connectivity index (χ1v) is 15.2. The minimum atomic E-state index is -0.588. The molecule has 0 saturated carbocycles. The highest BCUT2D eigenvalue weighted by Crippen LogP contribution is 2.33. The Labute approximate surface area is 270 Å². The zero-order valence-corrected chi connectivity index (χ0v) is 26.3. The van der Waals surface area contributed by atoms with E-state index in [4.69, 9.17) is 13.9 Å². The predicted molar refractivity (Wildman–Crippen MR) is 174 cm³/mol. The van der Waals surface area contributed by atoms with Gasteiger partial charge in [0.25, 0.3) is 5.91 Å². The number of pyridine rings is 1. The molecule has 1 N–H and O–H groups in total. The van der Waals surface area contributed by atoms with Gasteiger partial charge in [-0.2, -0.15) is 5.26 Å². The quantitative estimate of drug-likeness (QED) is 0.180. The summed E-state index contributed by atoms with van der Waals surface area (Å²) in [5.74, 6) is 0.706. The molecule has 0 radical (unpaired) electrons. The minimum absolute atomic E-state index is 0.0961. The zero-order valence-electron chi connectivity index (χ0n) is 26.3. The average Bonchev–Trinajstić information content (AvgIpc) is 3.67. The average molecular weight is 634 g/mol. The lowest BCUT2D eigenvalue weighted by molar-refractivity contribution is 0.0916. The number of halogens is 1. The number of amides is 2. The molecule has 0 aliphatic carbocycles. The van der Waals surface area contributed by atoms with Crippen LogP contribution in [0.15, 0.2) is 77.3 Å². The van der Waals surface area contributed by atoms with Crippen molar-refractivity contribution >= 4 is 28.9 Å². The van der Waals surface area contributed by atoms with Crippen LogP contribution in [-0.4, -0.2) is 47.3 Å². The number of cyclic esters (lactones) is 1. The summed E-state index contributed by atoms with van der Waals surface area (Å²) >= 11 is 0. The lowest BCUT2D eigenvalue weighted by Crippen LogP contribution is -2.34. The van der Waals surface area contributed by atoms with Crippen molar-refractivity contribution in [3.8, 4) is 34.4 Å². The molecule has 0 spiro atoms. The number of hydrogen-bond donors (Lipinski definition) is 1. The van der Waals surface area contributed by atoms with Crippen molar-refractivity contribution in [2.45, 2.75) is 45.8 Å². The van der Waals surface area contributed by atoms with Gasteiger partial charge < -0.3 is 19.2 Å². The van der Waals surface area contributed by atoms with Crippen molar-refractivity contribution < 1.29 is 27.9 Å². The van der Waals surface area contributed by atoms with E-state index in [-0.39, 0.29) is 31.0 Å². The van der Waals surface area contributed by atoms with E-state index in [1.165, 1.54) is 17.0 Å². The van der Waals surface area contributed by atoms with Gasteiger partial charge in [0, 0.05) is 34.0 Å². The van der Waals surface area contributed by atoms with Gasteiger partial charge in [-0.25, -0.2) is 19.2 Å². The number of fused-ring (bicyclic) bond motifs is 1. The van der Waals surface area contributed by atoms with Crippen LogP contribution in [0, 0.1) is 17.1 Å². The van der Waals surface area contributed by atoms with E-state index in [9.17, 15) is 19.2 Å². The predicted octanol–water partition coefficient (Wildman–Crippen LogP) is 7.23. The zero-order chi connectivity index (χ0) is 33.2. The number of carbonyl (C=O) groups excluding carboxylic acids is 2. The van der Waals surface area contributed by atoms with Gasteiger partial charge in [0.1, 0.15) is 29.0 Å². The minimum Gasteiger partial charge on any atom is -0.490 e. The first kappa shape index (κ1) is 31.2. The molecule has 238 valence electrons. The molecule has 1 aliphatic heterocycles. The molecular formula is C36H32FN5O5. The Morgan fingerprint density at radius 1 is 1.09 bits per heavy atom. The van der Waals surface area contributed by atoms with Crippen LogP contribution in [0.3, 0.4) is 0 Å². The van der Waals surface area contributed by atoms with Crippen LogP contribution in [0.5, 0.6) is 5.75 Å². The lowest BCUT2D eigenvalue weighted by atomic mass is 10.00. The van der Waals surface area contributed by atoms with Crippen molar-refractivity contribution in [3.63, 3.8) is 0 Å². The summed E-state index contributed by atoms with van der Waals surface area (Å²) in [4.78, 5) is 36.0. The molecule has 47 heavy (non-hydrogen) atoms. The summed E-state index contributed by atoms with van der Waals surface area (Å²) in [6.45, 7) is 8.12. The number of benzene rings is 3. The van der Waals surface area contributed by atoms with Crippen LogP contribution in [-0.2, 0) is 4.74 Å². The molecule has 5 aromatic rings. The summed E-state index contributed by atoms with van der Waals surface area (Å²) < 4.78 is 31.4. The van der Waals surface area contributed by atoms with E-state index in [0.29, 0.717) is 56.4 Å². The van der Waals surface area contributed by atoms with Gasteiger partial charge >= 0.3 is 6.09 Å². The lowest BCUT2D eigenvalue weighted by Gasteiger charge is -2.16. The van der Waals surface area contributed by atoms with Crippen molar-refractivity contribution in [3.05, 3.63) is 95.4 Å². The molecule has 10 nitrogen and oxygen atoms in total. The summed E-state index contributed by atoms with van der Waals surface area (Å²) in [6.07, 6.45) is 0.289. The van der Waals surface area contributed by atoms with E-state index < -0.39 is 18.0 Å². The van der Waals surface area contributed by atoms with E-state index in [1.54, 1.807) is 54.7 Å². The third kappa shape index (κ3) is 6.63. The molecule has 3 aromatic carbocycles. The van der Waals surface area contributed by atoms with Gasteiger partial charge in [-0.1, -0.05) is 13.8 Å². The van der Waals surface area contributed by atoms with E-state index in [0.717, 1.165) is 5.56 Å². The van der Waals surface area contributed by atoms with Crippen LogP contribution in [0.25, 0.3) is 33.7 Å². The third-order valence-corrected chi connectivity index (χ3v) is 7.67. The molecule has 11 heteroatoms. The normalized spacial score (nSPS) is 14.5. The van der Waals surface area contributed by atoms with Gasteiger partial charge in [0.15, 0.2) is 5.58 Å². The second-order valence-corrected chi connectivity index (χ2v) is 11.8. The molecule has 6 rings (SSSR count). The highest BCUT2D eigenvalue weighted by atomic mass is 19.1. The Bertz CT molecular complexity index is 2000. The van der Waals surface area contributed by atoms with Gasteiger partial charge in [-0.15, -0.1) is 0 Å². The van der Waals surface area contributed by atoms with Gasteiger partial charge in [-0.3, -0.25) is 9.69 Å².